The molecule has 27 heavy (non-hydrogen) atoms. The van der Waals surface area contributed by atoms with Crippen molar-refractivity contribution < 1.29 is 4.74 Å². The topological polar surface area (TPSA) is 54.7 Å². The second-order valence-electron chi connectivity index (χ2n) is 7.45. The van der Waals surface area contributed by atoms with Crippen LogP contribution in [0, 0.1) is 0 Å². The second kappa shape index (κ2) is 8.03. The van der Waals surface area contributed by atoms with Crippen molar-refractivity contribution in [2.45, 2.75) is 31.6 Å². The van der Waals surface area contributed by atoms with E-state index < -0.39 is 0 Å². The lowest BCUT2D eigenvalue weighted by molar-refractivity contribution is 0.268. The van der Waals surface area contributed by atoms with Crippen LogP contribution in [0.1, 0.15) is 42.7 Å². The van der Waals surface area contributed by atoms with Crippen molar-refractivity contribution in [1.29, 1.82) is 0 Å². The number of ether oxygens (including phenoxy) is 1. The predicted molar refractivity (Wildman–Crippen MR) is 107 cm³/mol. The third kappa shape index (κ3) is 3.94. The van der Waals surface area contributed by atoms with E-state index in [1.165, 1.54) is 11.1 Å². The Morgan fingerprint density at radius 1 is 1.33 bits per heavy atom. The molecule has 1 saturated heterocycles. The van der Waals surface area contributed by atoms with E-state index in [0.717, 1.165) is 57.3 Å². The van der Waals surface area contributed by atoms with Crippen molar-refractivity contribution in [1.82, 2.24) is 20.0 Å². The maximum atomic E-state index is 5.79. The average molecular weight is 367 g/mol. The Morgan fingerprint density at radius 2 is 2.22 bits per heavy atom. The van der Waals surface area contributed by atoms with Crippen molar-refractivity contribution in [3.05, 3.63) is 47.8 Å². The summed E-state index contributed by atoms with van der Waals surface area (Å²) in [7, 11) is 1.98. The fraction of sp³-hybridized carbons (Fsp3) is 0.524. The molecule has 2 aliphatic heterocycles. The average Bonchev–Trinajstić information content (AvgIpc) is 3.34. The number of aryl methyl sites for hydroxylation is 1. The molecule has 6 nitrogen and oxygen atoms in total. The molecule has 2 aromatic rings. The number of nitrogens with zero attached hydrogens (tertiary/aromatic N) is 4. The number of hydrogen-bond acceptors (Lipinski definition) is 3. The van der Waals surface area contributed by atoms with Gasteiger partial charge in [0.05, 0.1) is 12.8 Å². The molecule has 2 atom stereocenters. The highest BCUT2D eigenvalue weighted by Gasteiger charge is 2.27. The van der Waals surface area contributed by atoms with E-state index in [1.54, 1.807) is 0 Å². The van der Waals surface area contributed by atoms with Crippen LogP contribution >= 0.6 is 0 Å². The van der Waals surface area contributed by atoms with Gasteiger partial charge in [-0.3, -0.25) is 9.67 Å². The zero-order chi connectivity index (χ0) is 18.6. The normalized spacial score (nSPS) is 22.4. The summed E-state index contributed by atoms with van der Waals surface area (Å²) in [6.07, 6.45) is 6.31. The Bertz CT molecular complexity index is 799. The maximum absolute atomic E-state index is 5.79. The third-order valence-corrected chi connectivity index (χ3v) is 5.56. The van der Waals surface area contributed by atoms with Crippen LogP contribution in [0.5, 0.6) is 5.75 Å². The number of benzene rings is 1. The van der Waals surface area contributed by atoms with Crippen LogP contribution in [0.2, 0.25) is 0 Å². The van der Waals surface area contributed by atoms with Gasteiger partial charge in [-0.2, -0.15) is 5.10 Å². The number of likely N-dealkylation sites (tertiary alicyclic amines) is 1. The molecule has 6 heteroatoms. The number of fused-ring (bicyclic) bond motifs is 1. The number of aromatic nitrogens is 2. The summed E-state index contributed by atoms with van der Waals surface area (Å²) in [5, 5.41) is 7.82. The van der Waals surface area contributed by atoms with Gasteiger partial charge in [0.25, 0.3) is 0 Å². The minimum atomic E-state index is 0.431. The fourth-order valence-corrected chi connectivity index (χ4v) is 4.10. The summed E-state index contributed by atoms with van der Waals surface area (Å²) in [6.45, 7) is 6.64. The first-order valence-corrected chi connectivity index (χ1v) is 9.98. The first-order valence-electron chi connectivity index (χ1n) is 9.98. The maximum Gasteiger partial charge on any atom is 0.193 e. The van der Waals surface area contributed by atoms with E-state index in [2.05, 4.69) is 46.6 Å². The van der Waals surface area contributed by atoms with Gasteiger partial charge >= 0.3 is 0 Å². The first-order chi connectivity index (χ1) is 13.2. The quantitative estimate of drug-likeness (QED) is 0.667. The van der Waals surface area contributed by atoms with Gasteiger partial charge in [0.15, 0.2) is 5.96 Å². The van der Waals surface area contributed by atoms with Crippen molar-refractivity contribution in [3.8, 4) is 5.75 Å². The number of hydrogen-bond donors (Lipinski definition) is 1. The Labute approximate surface area is 161 Å². The van der Waals surface area contributed by atoms with Crippen LogP contribution in [-0.4, -0.2) is 53.4 Å². The fourth-order valence-electron chi connectivity index (χ4n) is 4.10. The number of para-hydroxylation sites is 1. The van der Waals surface area contributed by atoms with E-state index in [0.29, 0.717) is 11.8 Å². The molecule has 0 aliphatic carbocycles. The van der Waals surface area contributed by atoms with E-state index in [9.17, 15) is 0 Å². The monoisotopic (exact) mass is 367 g/mol. The molecular weight excluding hydrogens is 338 g/mol. The summed E-state index contributed by atoms with van der Waals surface area (Å²) >= 11 is 0. The van der Waals surface area contributed by atoms with Gasteiger partial charge in [-0.1, -0.05) is 18.2 Å². The zero-order valence-electron chi connectivity index (χ0n) is 16.3. The molecule has 1 fully saturated rings. The molecule has 144 valence electrons. The third-order valence-electron chi connectivity index (χ3n) is 5.56. The van der Waals surface area contributed by atoms with Crippen LogP contribution in [0.3, 0.4) is 0 Å². The summed E-state index contributed by atoms with van der Waals surface area (Å²) in [6, 6.07) is 8.37. The van der Waals surface area contributed by atoms with Crippen molar-refractivity contribution in [3.63, 3.8) is 0 Å². The molecule has 4 rings (SSSR count). The Morgan fingerprint density at radius 3 is 3.04 bits per heavy atom. The lowest BCUT2D eigenvalue weighted by Gasteiger charge is -2.26. The number of nitrogens with one attached hydrogen (secondary N) is 1. The number of aliphatic imine (C=N–C) groups is 1. The zero-order valence-corrected chi connectivity index (χ0v) is 16.3. The first kappa shape index (κ1) is 17.9. The molecule has 0 amide bonds. The summed E-state index contributed by atoms with van der Waals surface area (Å²) < 4.78 is 7.68. The van der Waals surface area contributed by atoms with Gasteiger partial charge in [-0.25, -0.2) is 0 Å². The standard InChI is InChI=1S/C21H29N5O/c1-3-22-21(26-10-8-17(15-26)18-13-24-25(2)14-18)23-12-16-9-11-27-20-7-5-4-6-19(16)20/h4-7,13-14,16-17H,3,8-12,15H2,1-2H3,(H,22,23). The van der Waals surface area contributed by atoms with Gasteiger partial charge in [-0.05, 0) is 37.0 Å². The molecule has 0 spiro atoms. The summed E-state index contributed by atoms with van der Waals surface area (Å²) in [5.74, 6) is 3.02. The smallest absolute Gasteiger partial charge is 0.193 e. The lowest BCUT2D eigenvalue weighted by Crippen LogP contribution is -2.40. The molecule has 1 N–H and O–H groups in total. The molecule has 0 saturated carbocycles. The Kier molecular flexibility index (Phi) is 5.32. The lowest BCUT2D eigenvalue weighted by atomic mass is 9.93. The molecule has 2 aliphatic rings. The van der Waals surface area contributed by atoms with Gasteiger partial charge in [0, 0.05) is 51.3 Å². The number of rotatable bonds is 4. The molecule has 3 heterocycles. The van der Waals surface area contributed by atoms with Gasteiger partial charge in [0.1, 0.15) is 5.75 Å². The van der Waals surface area contributed by atoms with E-state index in [4.69, 9.17) is 9.73 Å². The SMILES string of the molecule is CCNC(=NCC1CCOc2ccccc21)N1CCC(c2cnn(C)c2)C1. The minimum Gasteiger partial charge on any atom is -0.493 e. The Balaban J connectivity index is 1.45. The molecule has 0 bridgehead atoms. The van der Waals surface area contributed by atoms with Crippen LogP contribution in [0.25, 0.3) is 0 Å². The predicted octanol–water partition coefficient (Wildman–Crippen LogP) is 2.74. The van der Waals surface area contributed by atoms with Crippen molar-refractivity contribution >= 4 is 5.96 Å². The minimum absolute atomic E-state index is 0.431. The molecule has 1 aromatic heterocycles. The van der Waals surface area contributed by atoms with Crippen LogP contribution in [-0.2, 0) is 7.05 Å². The molecular formula is C21H29N5O. The van der Waals surface area contributed by atoms with Crippen LogP contribution in [0.15, 0.2) is 41.7 Å². The van der Waals surface area contributed by atoms with Crippen LogP contribution in [0.4, 0.5) is 0 Å². The molecule has 1 aromatic carbocycles. The van der Waals surface area contributed by atoms with Crippen molar-refractivity contribution in [2.24, 2.45) is 12.0 Å². The molecule has 2 unspecified atom stereocenters. The van der Waals surface area contributed by atoms with Gasteiger partial charge < -0.3 is 15.0 Å². The summed E-state index contributed by atoms with van der Waals surface area (Å²) in [4.78, 5) is 7.40. The highest BCUT2D eigenvalue weighted by atomic mass is 16.5. The highest BCUT2D eigenvalue weighted by molar-refractivity contribution is 5.80. The van der Waals surface area contributed by atoms with Crippen LogP contribution < -0.4 is 10.1 Å². The summed E-state index contributed by atoms with van der Waals surface area (Å²) in [5.41, 5.74) is 2.62. The molecule has 0 radical (unpaired) electrons. The largest absolute Gasteiger partial charge is 0.493 e. The number of guanidine groups is 1. The highest BCUT2D eigenvalue weighted by Crippen LogP contribution is 2.33. The van der Waals surface area contributed by atoms with Crippen molar-refractivity contribution in [2.75, 3.05) is 32.8 Å². The van der Waals surface area contributed by atoms with Gasteiger partial charge in [0.2, 0.25) is 0 Å². The van der Waals surface area contributed by atoms with E-state index >= 15 is 0 Å². The second-order valence-corrected chi connectivity index (χ2v) is 7.45. The van der Waals surface area contributed by atoms with E-state index in [-0.39, 0.29) is 0 Å². The Hall–Kier alpha value is -2.50. The van der Waals surface area contributed by atoms with Gasteiger partial charge in [-0.15, -0.1) is 0 Å². The van der Waals surface area contributed by atoms with E-state index in [1.807, 2.05) is 24.0 Å².